The fourth-order valence-corrected chi connectivity index (χ4v) is 5.08. The Balaban J connectivity index is 1.63. The maximum atomic E-state index is 12.6. The molecule has 8 nitrogen and oxygen atoms in total. The van der Waals surface area contributed by atoms with Crippen molar-refractivity contribution in [3.63, 3.8) is 0 Å². The lowest BCUT2D eigenvalue weighted by Gasteiger charge is -2.46. The maximum absolute atomic E-state index is 12.6. The minimum atomic E-state index is -1.11. The Morgan fingerprint density at radius 1 is 1.27 bits per heavy atom. The average Bonchev–Trinajstić information content (AvgIpc) is 3.28. The van der Waals surface area contributed by atoms with E-state index in [1.54, 1.807) is 18.6 Å². The molecule has 2 N–H and O–H groups in total. The Morgan fingerprint density at radius 2 is 2.03 bits per heavy atom. The molecule has 0 saturated carbocycles. The monoisotopic (exact) mass is 428 g/mol. The summed E-state index contributed by atoms with van der Waals surface area (Å²) in [4.78, 5) is 36.8. The lowest BCUT2D eigenvalue weighted by atomic mass is 9.77. The van der Waals surface area contributed by atoms with Gasteiger partial charge in [-0.3, -0.25) is 14.7 Å². The first kappa shape index (κ1) is 20.6. The quantitative estimate of drug-likeness (QED) is 0.617. The molecule has 4 heterocycles. The van der Waals surface area contributed by atoms with Gasteiger partial charge in [-0.1, -0.05) is 13.0 Å². The van der Waals surface area contributed by atoms with E-state index >= 15 is 0 Å². The van der Waals surface area contributed by atoms with E-state index in [-0.39, 0.29) is 23.6 Å². The molecule has 0 aliphatic carbocycles. The number of thiazole rings is 1. The van der Waals surface area contributed by atoms with E-state index in [2.05, 4.69) is 14.9 Å². The third kappa shape index (κ3) is 3.64. The first-order valence-corrected chi connectivity index (χ1v) is 10.8. The number of rotatable bonds is 8. The third-order valence-corrected chi connectivity index (χ3v) is 6.53. The number of nitrogens with zero attached hydrogens (tertiary/aromatic N) is 4. The van der Waals surface area contributed by atoms with Crippen LogP contribution in [0.1, 0.15) is 25.2 Å². The van der Waals surface area contributed by atoms with Crippen LogP contribution in [-0.4, -0.2) is 60.5 Å². The lowest BCUT2D eigenvalue weighted by Crippen LogP contribution is -2.63. The first-order chi connectivity index (χ1) is 14.4. The summed E-state index contributed by atoms with van der Waals surface area (Å²) in [5.74, 6) is -2.14. The van der Waals surface area contributed by atoms with Gasteiger partial charge in [0, 0.05) is 37.1 Å². The molecule has 2 aromatic heterocycles. The van der Waals surface area contributed by atoms with Gasteiger partial charge in [0.25, 0.3) is 0 Å². The van der Waals surface area contributed by atoms with Gasteiger partial charge in [-0.2, -0.15) is 0 Å². The van der Waals surface area contributed by atoms with Crippen LogP contribution in [0.25, 0.3) is 0 Å². The summed E-state index contributed by atoms with van der Waals surface area (Å²) in [6, 6.07) is 5.39. The van der Waals surface area contributed by atoms with Crippen molar-refractivity contribution < 1.29 is 19.8 Å². The number of carbonyl (C=O) groups is 2. The number of amides is 1. The number of aliphatic hydroxyl groups is 1. The molecule has 0 bridgehead atoms. The van der Waals surface area contributed by atoms with Crippen LogP contribution in [0, 0.1) is 11.8 Å². The van der Waals surface area contributed by atoms with Crippen molar-refractivity contribution in [1.82, 2.24) is 19.8 Å². The fourth-order valence-electron chi connectivity index (χ4n) is 4.53. The van der Waals surface area contributed by atoms with Crippen LogP contribution in [0.3, 0.4) is 0 Å². The Hall–Kier alpha value is -2.62. The Bertz CT molecular complexity index is 961. The number of aliphatic carboxylic acids is 1. The summed E-state index contributed by atoms with van der Waals surface area (Å²) in [5, 5.41) is 21.9. The van der Waals surface area contributed by atoms with Crippen molar-refractivity contribution in [3.05, 3.63) is 57.9 Å². The molecule has 1 amide bonds. The molecule has 2 aliphatic heterocycles. The smallest absolute Gasteiger partial charge is 0.352 e. The highest BCUT2D eigenvalue weighted by molar-refractivity contribution is 7.07. The largest absolute Gasteiger partial charge is 0.477 e. The van der Waals surface area contributed by atoms with E-state index in [1.165, 1.54) is 16.2 Å². The molecule has 30 heavy (non-hydrogen) atoms. The van der Waals surface area contributed by atoms with Crippen LogP contribution in [0.15, 0.2) is 46.6 Å². The molecular formula is C21H24N4O4S. The summed E-state index contributed by atoms with van der Waals surface area (Å²) in [6.07, 6.45) is 0.921. The van der Waals surface area contributed by atoms with Gasteiger partial charge in [-0.25, -0.2) is 9.78 Å². The number of β-lactam (4-membered cyclic amide) rings is 1. The molecule has 158 valence electrons. The van der Waals surface area contributed by atoms with Gasteiger partial charge in [0.05, 0.1) is 35.0 Å². The first-order valence-electron chi connectivity index (χ1n) is 9.85. The standard InChI is InChI=1S/C21H24N4O4S/c1-12-16(19(21(28)29)25-18(12)17(13(2)26)20(25)27)9-24(8-15-10-30-11-23-15)7-14-5-3-4-6-22-14/h3-6,10-13,17-18,26H,7-9H2,1-2H3,(H,28,29)/t12-,13+,17+,18+/m0/s1. The average molecular weight is 429 g/mol. The second-order valence-corrected chi connectivity index (χ2v) is 8.60. The van der Waals surface area contributed by atoms with Gasteiger partial charge in [0.15, 0.2) is 0 Å². The number of hydrogen-bond donors (Lipinski definition) is 2. The van der Waals surface area contributed by atoms with E-state index in [0.29, 0.717) is 25.2 Å². The Labute approximate surface area is 178 Å². The van der Waals surface area contributed by atoms with Gasteiger partial charge < -0.3 is 15.1 Å². The van der Waals surface area contributed by atoms with Crippen LogP contribution in [0.5, 0.6) is 0 Å². The number of hydrogen-bond acceptors (Lipinski definition) is 7. The molecule has 4 rings (SSSR count). The Kier molecular flexibility index (Phi) is 5.68. The topological polar surface area (TPSA) is 107 Å². The van der Waals surface area contributed by atoms with Crippen LogP contribution in [-0.2, 0) is 22.7 Å². The van der Waals surface area contributed by atoms with Gasteiger partial charge >= 0.3 is 5.97 Å². The molecule has 1 fully saturated rings. The highest BCUT2D eigenvalue weighted by Crippen LogP contribution is 2.47. The number of carbonyl (C=O) groups excluding carboxylic acids is 1. The zero-order valence-corrected chi connectivity index (χ0v) is 17.6. The fraction of sp³-hybridized carbons (Fsp3) is 0.429. The predicted molar refractivity (Wildman–Crippen MR) is 110 cm³/mol. The number of carboxylic acid groups (broad SMARTS) is 1. The maximum Gasteiger partial charge on any atom is 0.352 e. The molecule has 1 saturated heterocycles. The van der Waals surface area contributed by atoms with Gasteiger partial charge in [-0.15, -0.1) is 11.3 Å². The number of aliphatic hydroxyl groups excluding tert-OH is 1. The van der Waals surface area contributed by atoms with Crippen molar-refractivity contribution in [2.75, 3.05) is 6.54 Å². The normalized spacial score (nSPS) is 24.2. The summed E-state index contributed by atoms with van der Waals surface area (Å²) in [6.45, 7) is 4.97. The number of fused-ring (bicyclic) bond motifs is 1. The molecule has 0 unspecified atom stereocenters. The summed E-state index contributed by atoms with van der Waals surface area (Å²) in [7, 11) is 0. The summed E-state index contributed by atoms with van der Waals surface area (Å²) < 4.78 is 0. The van der Waals surface area contributed by atoms with Crippen LogP contribution >= 0.6 is 11.3 Å². The molecule has 2 aromatic rings. The second-order valence-electron chi connectivity index (χ2n) is 7.88. The van der Waals surface area contributed by atoms with E-state index in [1.807, 2.05) is 30.5 Å². The lowest BCUT2D eigenvalue weighted by molar-refractivity contribution is -0.163. The molecule has 0 aromatic carbocycles. The van der Waals surface area contributed by atoms with Crippen LogP contribution in [0.2, 0.25) is 0 Å². The predicted octanol–water partition coefficient (Wildman–Crippen LogP) is 1.74. The van der Waals surface area contributed by atoms with E-state index in [9.17, 15) is 19.8 Å². The molecular weight excluding hydrogens is 404 g/mol. The van der Waals surface area contributed by atoms with Crippen molar-refractivity contribution in [3.8, 4) is 0 Å². The minimum Gasteiger partial charge on any atom is -0.477 e. The SMILES string of the molecule is C[C@@H](O)[C@H]1C(=O)N2C(C(=O)O)=C(CN(Cc3ccccn3)Cc3cscn3)[C@H](C)[C@H]12. The van der Waals surface area contributed by atoms with Crippen LogP contribution < -0.4 is 0 Å². The van der Waals surface area contributed by atoms with Crippen molar-refractivity contribution in [1.29, 1.82) is 0 Å². The molecule has 4 atom stereocenters. The second kappa shape index (κ2) is 8.25. The number of carboxylic acids is 1. The van der Waals surface area contributed by atoms with Gasteiger partial charge in [-0.05, 0) is 24.6 Å². The summed E-state index contributed by atoms with van der Waals surface area (Å²) >= 11 is 1.51. The zero-order chi connectivity index (χ0) is 21.4. The number of aromatic nitrogens is 2. The molecule has 2 aliphatic rings. The summed E-state index contributed by atoms with van der Waals surface area (Å²) in [5.41, 5.74) is 4.30. The van der Waals surface area contributed by atoms with Crippen molar-refractivity contribution in [2.45, 2.75) is 39.1 Å². The molecule has 0 radical (unpaired) electrons. The minimum absolute atomic E-state index is 0.0544. The van der Waals surface area contributed by atoms with E-state index in [4.69, 9.17) is 0 Å². The van der Waals surface area contributed by atoms with Gasteiger partial charge in [0.1, 0.15) is 5.70 Å². The zero-order valence-electron chi connectivity index (χ0n) is 16.8. The van der Waals surface area contributed by atoms with E-state index < -0.39 is 18.0 Å². The number of pyridine rings is 1. The van der Waals surface area contributed by atoms with Gasteiger partial charge in [0.2, 0.25) is 5.91 Å². The van der Waals surface area contributed by atoms with Crippen molar-refractivity contribution >= 4 is 23.2 Å². The van der Waals surface area contributed by atoms with E-state index in [0.717, 1.165) is 11.4 Å². The highest BCUT2D eigenvalue weighted by atomic mass is 32.1. The van der Waals surface area contributed by atoms with Crippen molar-refractivity contribution in [2.24, 2.45) is 11.8 Å². The third-order valence-electron chi connectivity index (χ3n) is 5.89. The Morgan fingerprint density at radius 3 is 2.63 bits per heavy atom. The molecule has 9 heteroatoms. The molecule has 0 spiro atoms. The van der Waals surface area contributed by atoms with Crippen LogP contribution in [0.4, 0.5) is 0 Å². The highest BCUT2D eigenvalue weighted by Gasteiger charge is 2.59.